The summed E-state index contributed by atoms with van der Waals surface area (Å²) in [4.78, 5) is 10.3. The highest BCUT2D eigenvalue weighted by atomic mass is 16.6. The van der Waals surface area contributed by atoms with Gasteiger partial charge in [-0.2, -0.15) is 0 Å². The number of carbonyl (C=O) groups is 1. The quantitative estimate of drug-likeness (QED) is 0.385. The van der Waals surface area contributed by atoms with Gasteiger partial charge in [-0.05, 0) is 13.8 Å². The number of hydrogen-bond donors (Lipinski definition) is 2. The van der Waals surface area contributed by atoms with Crippen molar-refractivity contribution in [2.45, 2.75) is 26.2 Å². The standard InChI is InChI=1S/C5H10O4/c1-3(6)5(8)9-4(2)7/h3-4,6-7H,1-2H3/t3-,4?/m0/s1. The zero-order chi connectivity index (χ0) is 7.44. The Morgan fingerprint density at radius 1 is 1.44 bits per heavy atom. The Balaban J connectivity index is 3.51. The van der Waals surface area contributed by atoms with E-state index in [-0.39, 0.29) is 0 Å². The van der Waals surface area contributed by atoms with Gasteiger partial charge in [-0.1, -0.05) is 0 Å². The maximum absolute atomic E-state index is 10.3. The molecule has 9 heavy (non-hydrogen) atoms. The Hall–Kier alpha value is -0.610. The van der Waals surface area contributed by atoms with Gasteiger partial charge in [-0.15, -0.1) is 0 Å². The van der Waals surface area contributed by atoms with Gasteiger partial charge < -0.3 is 14.9 Å². The van der Waals surface area contributed by atoms with Gasteiger partial charge in [0.15, 0.2) is 6.29 Å². The Kier molecular flexibility index (Phi) is 3.19. The Bertz CT molecular complexity index is 97.1. The van der Waals surface area contributed by atoms with E-state index in [0.717, 1.165) is 0 Å². The normalized spacial score (nSPS) is 16.4. The second-order valence-corrected chi connectivity index (χ2v) is 1.71. The summed E-state index contributed by atoms with van der Waals surface area (Å²) in [5.41, 5.74) is 0. The van der Waals surface area contributed by atoms with E-state index < -0.39 is 18.4 Å². The fourth-order valence-corrected chi connectivity index (χ4v) is 0.267. The maximum Gasteiger partial charge on any atom is 0.336 e. The highest BCUT2D eigenvalue weighted by molar-refractivity contribution is 5.73. The van der Waals surface area contributed by atoms with Crippen molar-refractivity contribution in [1.82, 2.24) is 0 Å². The molecule has 0 saturated carbocycles. The molecule has 0 aromatic rings. The molecule has 4 heteroatoms. The number of aliphatic hydroxyl groups excluding tert-OH is 2. The summed E-state index contributed by atoms with van der Waals surface area (Å²) < 4.78 is 4.18. The highest BCUT2D eigenvalue weighted by Crippen LogP contribution is 1.89. The lowest BCUT2D eigenvalue weighted by Gasteiger charge is -2.07. The van der Waals surface area contributed by atoms with E-state index in [4.69, 9.17) is 10.2 Å². The van der Waals surface area contributed by atoms with E-state index in [9.17, 15) is 4.79 Å². The van der Waals surface area contributed by atoms with Crippen molar-refractivity contribution in [3.8, 4) is 0 Å². The van der Waals surface area contributed by atoms with Crippen LogP contribution in [-0.4, -0.2) is 28.6 Å². The molecule has 0 heterocycles. The number of carbonyl (C=O) groups excluding carboxylic acids is 1. The first-order chi connectivity index (χ1) is 4.04. The van der Waals surface area contributed by atoms with Crippen LogP contribution in [0.1, 0.15) is 13.8 Å². The summed E-state index contributed by atoms with van der Waals surface area (Å²) in [5, 5.41) is 16.9. The predicted octanol–water partition coefficient (Wildman–Crippen LogP) is -0.751. The van der Waals surface area contributed by atoms with Crippen LogP contribution in [0.3, 0.4) is 0 Å². The number of hydrogen-bond acceptors (Lipinski definition) is 4. The molecule has 0 saturated heterocycles. The van der Waals surface area contributed by atoms with Gasteiger partial charge in [-0.25, -0.2) is 4.79 Å². The summed E-state index contributed by atoms with van der Waals surface area (Å²) in [6, 6.07) is 0. The van der Waals surface area contributed by atoms with Gasteiger partial charge in [-0.3, -0.25) is 0 Å². The van der Waals surface area contributed by atoms with Crippen LogP contribution in [0, 0.1) is 0 Å². The van der Waals surface area contributed by atoms with Crippen molar-refractivity contribution in [1.29, 1.82) is 0 Å². The van der Waals surface area contributed by atoms with E-state index in [1.165, 1.54) is 13.8 Å². The first-order valence-corrected chi connectivity index (χ1v) is 2.60. The third-order valence-corrected chi connectivity index (χ3v) is 0.628. The van der Waals surface area contributed by atoms with Gasteiger partial charge in [0.25, 0.3) is 0 Å². The first kappa shape index (κ1) is 8.39. The molecule has 4 nitrogen and oxygen atoms in total. The summed E-state index contributed by atoms with van der Waals surface area (Å²) in [7, 11) is 0. The fraction of sp³-hybridized carbons (Fsp3) is 0.800. The molecule has 0 aliphatic rings. The van der Waals surface area contributed by atoms with Crippen molar-refractivity contribution in [3.05, 3.63) is 0 Å². The molecular formula is C5H10O4. The lowest BCUT2D eigenvalue weighted by Crippen LogP contribution is -2.23. The van der Waals surface area contributed by atoms with Crippen LogP contribution in [0.4, 0.5) is 0 Å². The topological polar surface area (TPSA) is 66.8 Å². The smallest absolute Gasteiger partial charge is 0.336 e. The third-order valence-electron chi connectivity index (χ3n) is 0.628. The first-order valence-electron chi connectivity index (χ1n) is 2.60. The molecule has 0 amide bonds. The molecule has 0 bridgehead atoms. The van der Waals surface area contributed by atoms with Gasteiger partial charge in [0, 0.05) is 0 Å². The van der Waals surface area contributed by atoms with Crippen LogP contribution < -0.4 is 0 Å². The average molecular weight is 134 g/mol. The molecule has 0 aromatic heterocycles. The maximum atomic E-state index is 10.3. The third kappa shape index (κ3) is 3.93. The number of aliphatic hydroxyl groups is 2. The predicted molar refractivity (Wildman–Crippen MR) is 29.5 cm³/mol. The van der Waals surface area contributed by atoms with Crippen LogP contribution in [0.2, 0.25) is 0 Å². The van der Waals surface area contributed by atoms with Crippen molar-refractivity contribution >= 4 is 5.97 Å². The van der Waals surface area contributed by atoms with Crippen molar-refractivity contribution in [3.63, 3.8) is 0 Å². The molecule has 2 atom stereocenters. The van der Waals surface area contributed by atoms with Crippen molar-refractivity contribution in [2.75, 3.05) is 0 Å². The Morgan fingerprint density at radius 2 is 1.89 bits per heavy atom. The van der Waals surface area contributed by atoms with Crippen molar-refractivity contribution in [2.24, 2.45) is 0 Å². The zero-order valence-corrected chi connectivity index (χ0v) is 5.37. The average Bonchev–Trinajstić information content (AvgIpc) is 1.63. The highest BCUT2D eigenvalue weighted by Gasteiger charge is 2.11. The van der Waals surface area contributed by atoms with Crippen LogP contribution in [0.5, 0.6) is 0 Å². The van der Waals surface area contributed by atoms with Crippen LogP contribution in [-0.2, 0) is 9.53 Å². The van der Waals surface area contributed by atoms with E-state index in [2.05, 4.69) is 4.74 Å². The molecule has 54 valence electrons. The van der Waals surface area contributed by atoms with Gasteiger partial charge in [0.2, 0.25) is 0 Å². The van der Waals surface area contributed by atoms with E-state index in [1.54, 1.807) is 0 Å². The molecule has 1 unspecified atom stereocenters. The lowest BCUT2D eigenvalue weighted by atomic mass is 10.4. The molecule has 0 spiro atoms. The second-order valence-electron chi connectivity index (χ2n) is 1.71. The molecule has 0 aliphatic heterocycles. The van der Waals surface area contributed by atoms with Crippen LogP contribution >= 0.6 is 0 Å². The minimum atomic E-state index is -1.17. The molecular weight excluding hydrogens is 124 g/mol. The Labute approximate surface area is 53.1 Å². The van der Waals surface area contributed by atoms with E-state index >= 15 is 0 Å². The molecule has 0 radical (unpaired) electrons. The summed E-state index contributed by atoms with van der Waals surface area (Å²) in [6.07, 6.45) is -2.31. The molecule has 2 N–H and O–H groups in total. The van der Waals surface area contributed by atoms with Crippen LogP contribution in [0.15, 0.2) is 0 Å². The molecule has 0 rings (SSSR count). The van der Waals surface area contributed by atoms with Gasteiger partial charge in [0.1, 0.15) is 6.10 Å². The zero-order valence-electron chi connectivity index (χ0n) is 5.37. The minimum Gasteiger partial charge on any atom is -0.434 e. The largest absolute Gasteiger partial charge is 0.434 e. The minimum absolute atomic E-state index is 0.815. The fourth-order valence-electron chi connectivity index (χ4n) is 0.267. The summed E-state index contributed by atoms with van der Waals surface area (Å²) >= 11 is 0. The van der Waals surface area contributed by atoms with Gasteiger partial charge >= 0.3 is 5.97 Å². The summed E-state index contributed by atoms with van der Waals surface area (Å²) in [5.74, 6) is -0.815. The SMILES string of the molecule is CC(O)OC(=O)[C@H](C)O. The van der Waals surface area contributed by atoms with Crippen molar-refractivity contribution < 1.29 is 19.7 Å². The molecule has 0 aromatic carbocycles. The lowest BCUT2D eigenvalue weighted by molar-refractivity contribution is -0.173. The number of ether oxygens (including phenoxy) is 1. The number of esters is 1. The van der Waals surface area contributed by atoms with Crippen LogP contribution in [0.25, 0.3) is 0 Å². The summed E-state index contributed by atoms with van der Waals surface area (Å²) in [6.45, 7) is 2.56. The van der Waals surface area contributed by atoms with E-state index in [0.29, 0.717) is 0 Å². The van der Waals surface area contributed by atoms with E-state index in [1.807, 2.05) is 0 Å². The molecule has 0 fully saturated rings. The monoisotopic (exact) mass is 134 g/mol. The second kappa shape index (κ2) is 3.42. The Morgan fingerprint density at radius 3 is 2.00 bits per heavy atom. The van der Waals surface area contributed by atoms with Gasteiger partial charge in [0.05, 0.1) is 0 Å². The number of rotatable bonds is 2. The molecule has 0 aliphatic carbocycles.